The van der Waals surface area contributed by atoms with Crippen molar-refractivity contribution in [1.82, 2.24) is 9.97 Å². The molecule has 23 heavy (non-hydrogen) atoms. The van der Waals surface area contributed by atoms with Gasteiger partial charge in [-0.05, 0) is 25.1 Å². The van der Waals surface area contributed by atoms with Gasteiger partial charge in [-0.25, -0.2) is 15.4 Å². The number of aliphatic hydroxyl groups is 1. The number of aliphatic hydroxyl groups excluding tert-OH is 1. The van der Waals surface area contributed by atoms with Crippen molar-refractivity contribution in [2.24, 2.45) is 0 Å². The van der Waals surface area contributed by atoms with E-state index in [2.05, 4.69) is 15.4 Å². The van der Waals surface area contributed by atoms with Crippen LogP contribution >= 0.6 is 11.3 Å². The van der Waals surface area contributed by atoms with Crippen LogP contribution in [0.15, 0.2) is 28.8 Å². The molecule has 3 aromatic rings. The zero-order valence-corrected chi connectivity index (χ0v) is 13.3. The molecule has 8 heteroatoms. The topological polar surface area (TPSA) is 89.6 Å². The first-order valence-corrected chi connectivity index (χ1v) is 7.64. The van der Waals surface area contributed by atoms with E-state index >= 15 is 0 Å². The molecule has 1 aromatic carbocycles. The van der Waals surface area contributed by atoms with Crippen LogP contribution in [-0.2, 0) is 4.84 Å². The molecular weight excluding hydrogens is 318 g/mol. The Morgan fingerprint density at radius 2 is 2.26 bits per heavy atom. The zero-order valence-electron chi connectivity index (χ0n) is 12.5. The van der Waals surface area contributed by atoms with E-state index in [-0.39, 0.29) is 0 Å². The van der Waals surface area contributed by atoms with Crippen molar-refractivity contribution in [3.05, 3.63) is 35.2 Å². The first kappa shape index (κ1) is 15.5. The Hall–Kier alpha value is -2.42. The van der Waals surface area contributed by atoms with E-state index in [4.69, 9.17) is 14.0 Å². The summed E-state index contributed by atoms with van der Waals surface area (Å²) >= 11 is 1.44. The highest BCUT2D eigenvalue weighted by atomic mass is 32.1. The van der Waals surface area contributed by atoms with Crippen LogP contribution in [0.1, 0.15) is 17.7 Å². The molecule has 0 saturated heterocycles. The number of aromatic nitrogens is 2. The minimum Gasteiger partial charge on any atom is -0.465 e. The van der Waals surface area contributed by atoms with Crippen LogP contribution in [0.25, 0.3) is 23.3 Å². The SMILES string of the molecule is CONc1ncc(C=Cc2nc3ccc(OC(C)O)cc3o2)s1. The molecule has 1 atom stereocenters. The summed E-state index contributed by atoms with van der Waals surface area (Å²) in [4.78, 5) is 14.2. The van der Waals surface area contributed by atoms with E-state index in [1.54, 1.807) is 37.4 Å². The monoisotopic (exact) mass is 333 g/mol. The smallest absolute Gasteiger partial charge is 0.220 e. The molecule has 0 aliphatic heterocycles. The highest BCUT2D eigenvalue weighted by Gasteiger charge is 2.07. The van der Waals surface area contributed by atoms with Gasteiger partial charge in [-0.1, -0.05) is 11.3 Å². The standard InChI is InChI=1S/C15H15N3O4S/c1-9(19)21-10-3-5-12-13(7-10)22-14(17-12)6-4-11-8-16-15(23-11)18-20-2/h3-9,19H,1-2H3,(H,16,18). The second-order valence-electron chi connectivity index (χ2n) is 4.61. The van der Waals surface area contributed by atoms with Gasteiger partial charge in [-0.2, -0.15) is 0 Å². The van der Waals surface area contributed by atoms with Crippen molar-refractivity contribution >= 4 is 39.7 Å². The van der Waals surface area contributed by atoms with Gasteiger partial charge in [0.1, 0.15) is 11.3 Å². The molecular formula is C15H15N3O4S. The van der Waals surface area contributed by atoms with Gasteiger partial charge in [0.05, 0.1) is 7.11 Å². The van der Waals surface area contributed by atoms with Crippen LogP contribution in [0.5, 0.6) is 5.75 Å². The lowest BCUT2D eigenvalue weighted by Crippen LogP contribution is -2.09. The van der Waals surface area contributed by atoms with Crippen LogP contribution in [0.2, 0.25) is 0 Å². The average Bonchev–Trinajstić information content (AvgIpc) is 3.10. The van der Waals surface area contributed by atoms with Gasteiger partial charge in [-0.15, -0.1) is 0 Å². The summed E-state index contributed by atoms with van der Waals surface area (Å²) < 4.78 is 10.9. The number of oxazole rings is 1. The van der Waals surface area contributed by atoms with E-state index in [9.17, 15) is 5.11 Å². The van der Waals surface area contributed by atoms with Gasteiger partial charge in [0.15, 0.2) is 11.9 Å². The predicted molar refractivity (Wildman–Crippen MR) is 88.0 cm³/mol. The molecule has 0 aliphatic rings. The molecule has 0 bridgehead atoms. The summed E-state index contributed by atoms with van der Waals surface area (Å²) in [6.07, 6.45) is 4.46. The number of nitrogens with one attached hydrogen (secondary N) is 1. The molecule has 0 fully saturated rings. The maximum atomic E-state index is 9.24. The third-order valence-electron chi connectivity index (χ3n) is 2.79. The first-order valence-electron chi connectivity index (χ1n) is 6.82. The largest absolute Gasteiger partial charge is 0.465 e. The lowest BCUT2D eigenvalue weighted by molar-refractivity contribution is -0.000226. The minimum atomic E-state index is -0.879. The number of thiazole rings is 1. The Bertz CT molecular complexity index is 825. The van der Waals surface area contributed by atoms with Crippen molar-refractivity contribution in [1.29, 1.82) is 0 Å². The van der Waals surface area contributed by atoms with Gasteiger partial charge < -0.3 is 14.3 Å². The quantitative estimate of drug-likeness (QED) is 0.529. The summed E-state index contributed by atoms with van der Waals surface area (Å²) in [6.45, 7) is 1.54. The fourth-order valence-electron chi connectivity index (χ4n) is 1.92. The molecule has 0 aliphatic carbocycles. The van der Waals surface area contributed by atoms with E-state index in [0.29, 0.717) is 27.9 Å². The van der Waals surface area contributed by atoms with Crippen molar-refractivity contribution in [2.45, 2.75) is 13.2 Å². The van der Waals surface area contributed by atoms with Gasteiger partial charge in [0, 0.05) is 23.2 Å². The number of benzene rings is 1. The first-order chi connectivity index (χ1) is 11.1. The van der Waals surface area contributed by atoms with Gasteiger partial charge in [-0.3, -0.25) is 4.84 Å². The van der Waals surface area contributed by atoms with Crippen molar-refractivity contribution in [3.63, 3.8) is 0 Å². The summed E-state index contributed by atoms with van der Waals surface area (Å²) in [7, 11) is 1.53. The highest BCUT2D eigenvalue weighted by molar-refractivity contribution is 7.16. The Balaban J connectivity index is 1.78. The number of hydrogen-bond donors (Lipinski definition) is 2. The Kier molecular flexibility index (Phi) is 4.56. The lowest BCUT2D eigenvalue weighted by atomic mass is 10.3. The molecule has 7 nitrogen and oxygen atoms in total. The van der Waals surface area contributed by atoms with Crippen molar-refractivity contribution < 1.29 is 19.1 Å². The number of ether oxygens (including phenoxy) is 1. The summed E-state index contributed by atoms with van der Waals surface area (Å²) in [5, 5.41) is 9.91. The fraction of sp³-hybridized carbons (Fsp3) is 0.200. The van der Waals surface area contributed by atoms with Crippen LogP contribution in [0, 0.1) is 0 Å². The summed E-state index contributed by atoms with van der Waals surface area (Å²) in [5.74, 6) is 1.00. The van der Waals surface area contributed by atoms with E-state index in [1.165, 1.54) is 18.4 Å². The van der Waals surface area contributed by atoms with Gasteiger partial charge in [0.2, 0.25) is 11.0 Å². The third kappa shape index (κ3) is 3.86. The van der Waals surface area contributed by atoms with Crippen molar-refractivity contribution in [2.75, 3.05) is 12.6 Å². The Morgan fingerprint density at radius 3 is 3.04 bits per heavy atom. The third-order valence-corrected chi connectivity index (χ3v) is 3.65. The molecule has 2 heterocycles. The second kappa shape index (κ2) is 6.78. The van der Waals surface area contributed by atoms with Gasteiger partial charge in [0.25, 0.3) is 0 Å². The van der Waals surface area contributed by atoms with E-state index < -0.39 is 6.29 Å². The van der Waals surface area contributed by atoms with Crippen LogP contribution in [-0.4, -0.2) is 28.5 Å². The number of nitrogens with zero attached hydrogens (tertiary/aromatic N) is 2. The number of hydrogen-bond acceptors (Lipinski definition) is 8. The molecule has 2 N–H and O–H groups in total. The normalized spacial score (nSPS) is 12.8. The second-order valence-corrected chi connectivity index (χ2v) is 5.67. The fourth-order valence-corrected chi connectivity index (χ4v) is 2.61. The molecule has 3 rings (SSSR count). The molecule has 0 spiro atoms. The van der Waals surface area contributed by atoms with Crippen LogP contribution < -0.4 is 10.2 Å². The number of fused-ring (bicyclic) bond motifs is 1. The molecule has 0 saturated carbocycles. The zero-order chi connectivity index (χ0) is 16.2. The van der Waals surface area contributed by atoms with E-state index in [0.717, 1.165) is 4.88 Å². The van der Waals surface area contributed by atoms with Crippen LogP contribution in [0.4, 0.5) is 5.13 Å². The number of rotatable bonds is 6. The highest BCUT2D eigenvalue weighted by Crippen LogP contribution is 2.24. The molecule has 0 radical (unpaired) electrons. The Morgan fingerprint density at radius 1 is 1.39 bits per heavy atom. The average molecular weight is 333 g/mol. The number of anilines is 1. The van der Waals surface area contributed by atoms with Crippen LogP contribution in [0.3, 0.4) is 0 Å². The minimum absolute atomic E-state index is 0.476. The molecule has 0 amide bonds. The maximum absolute atomic E-state index is 9.24. The summed E-state index contributed by atoms with van der Waals surface area (Å²) in [5.41, 5.74) is 3.98. The Labute approximate surface area is 136 Å². The van der Waals surface area contributed by atoms with E-state index in [1.807, 2.05) is 6.08 Å². The molecule has 2 aromatic heterocycles. The predicted octanol–water partition coefficient (Wildman–Crippen LogP) is 3.15. The molecule has 120 valence electrons. The maximum Gasteiger partial charge on any atom is 0.220 e. The molecule has 1 unspecified atom stereocenters. The van der Waals surface area contributed by atoms with Crippen molar-refractivity contribution in [3.8, 4) is 5.75 Å². The van der Waals surface area contributed by atoms with Gasteiger partial charge >= 0.3 is 0 Å². The summed E-state index contributed by atoms with van der Waals surface area (Å²) in [6, 6.07) is 5.21. The lowest BCUT2D eigenvalue weighted by Gasteiger charge is -2.07.